The zero-order valence-electron chi connectivity index (χ0n) is 11.5. The van der Waals surface area contributed by atoms with Gasteiger partial charge in [0.05, 0.1) is 5.02 Å². The van der Waals surface area contributed by atoms with Crippen LogP contribution in [0.5, 0.6) is 11.5 Å². The number of aryl methyl sites for hydroxylation is 2. The number of oxime groups is 1. The maximum atomic E-state index is 8.66. The smallest absolute Gasteiger partial charge is 0.170 e. The molecule has 4 nitrogen and oxygen atoms in total. The highest BCUT2D eigenvalue weighted by Gasteiger charge is 2.11. The first-order valence-corrected chi connectivity index (χ1v) is 6.90. The van der Waals surface area contributed by atoms with Crippen molar-refractivity contribution < 1.29 is 9.94 Å². The summed E-state index contributed by atoms with van der Waals surface area (Å²) in [6, 6.07) is 8.55. The van der Waals surface area contributed by atoms with Gasteiger partial charge in [-0.15, -0.1) is 0 Å². The highest BCUT2D eigenvalue weighted by molar-refractivity contribution is 6.32. The number of amidine groups is 1. The summed E-state index contributed by atoms with van der Waals surface area (Å²) in [7, 11) is 0. The second kappa shape index (κ2) is 6.24. The lowest BCUT2D eigenvalue weighted by molar-refractivity contribution is 0.318. The summed E-state index contributed by atoms with van der Waals surface area (Å²) in [5.41, 5.74) is 7.86. The van der Waals surface area contributed by atoms with Crippen LogP contribution in [-0.2, 0) is 0 Å². The molecule has 0 bridgehead atoms. The average Bonchev–Trinajstić information content (AvgIpc) is 2.43. The van der Waals surface area contributed by atoms with Crippen LogP contribution in [0.25, 0.3) is 0 Å². The highest BCUT2D eigenvalue weighted by atomic mass is 35.5. The monoisotopic (exact) mass is 324 g/mol. The second-order valence-electron chi connectivity index (χ2n) is 4.60. The van der Waals surface area contributed by atoms with Crippen molar-refractivity contribution >= 4 is 29.0 Å². The van der Waals surface area contributed by atoms with E-state index in [0.717, 1.165) is 11.1 Å². The SMILES string of the molecule is Cc1cc(Cl)cc(C)c1Oc1ccc(C(N)=NO)cc1Cl. The zero-order valence-corrected chi connectivity index (χ0v) is 13.0. The number of hydrogen-bond acceptors (Lipinski definition) is 3. The molecule has 2 aromatic rings. The molecule has 0 heterocycles. The van der Waals surface area contributed by atoms with Gasteiger partial charge in [0.25, 0.3) is 0 Å². The quantitative estimate of drug-likeness (QED) is 0.378. The Morgan fingerprint density at radius 2 is 1.76 bits per heavy atom. The minimum atomic E-state index is -0.0118. The van der Waals surface area contributed by atoms with Crippen molar-refractivity contribution in [2.24, 2.45) is 10.9 Å². The average molecular weight is 325 g/mol. The molecule has 0 atom stereocenters. The highest BCUT2D eigenvalue weighted by Crippen LogP contribution is 2.35. The molecule has 0 spiro atoms. The molecule has 21 heavy (non-hydrogen) atoms. The van der Waals surface area contributed by atoms with E-state index in [0.29, 0.717) is 27.1 Å². The lowest BCUT2D eigenvalue weighted by atomic mass is 10.1. The molecule has 0 radical (unpaired) electrons. The topological polar surface area (TPSA) is 67.8 Å². The van der Waals surface area contributed by atoms with E-state index in [1.807, 2.05) is 26.0 Å². The van der Waals surface area contributed by atoms with Gasteiger partial charge in [-0.3, -0.25) is 0 Å². The van der Waals surface area contributed by atoms with Crippen molar-refractivity contribution in [1.82, 2.24) is 0 Å². The van der Waals surface area contributed by atoms with Crippen molar-refractivity contribution in [2.75, 3.05) is 0 Å². The molecule has 0 aliphatic carbocycles. The van der Waals surface area contributed by atoms with Crippen LogP contribution in [0.4, 0.5) is 0 Å². The summed E-state index contributed by atoms with van der Waals surface area (Å²) in [4.78, 5) is 0. The van der Waals surface area contributed by atoms with Crippen LogP contribution >= 0.6 is 23.2 Å². The fourth-order valence-corrected chi connectivity index (χ4v) is 2.52. The Labute approximate surface area is 132 Å². The molecule has 6 heteroatoms. The summed E-state index contributed by atoms with van der Waals surface area (Å²) in [5, 5.41) is 12.6. The van der Waals surface area contributed by atoms with Gasteiger partial charge in [0, 0.05) is 10.6 Å². The van der Waals surface area contributed by atoms with Crippen LogP contribution < -0.4 is 10.5 Å². The molecule has 2 rings (SSSR count). The number of rotatable bonds is 3. The summed E-state index contributed by atoms with van der Waals surface area (Å²) in [5.74, 6) is 1.18. The van der Waals surface area contributed by atoms with Gasteiger partial charge in [0.1, 0.15) is 11.5 Å². The Morgan fingerprint density at radius 1 is 1.14 bits per heavy atom. The third-order valence-electron chi connectivity index (χ3n) is 2.97. The summed E-state index contributed by atoms with van der Waals surface area (Å²) in [6.07, 6.45) is 0. The first kappa shape index (κ1) is 15.5. The number of ether oxygens (including phenoxy) is 1. The first-order valence-electron chi connectivity index (χ1n) is 6.14. The predicted octanol–water partition coefficient (Wildman–Crippen LogP) is 4.50. The molecular formula is C15H14Cl2N2O2. The molecule has 0 unspecified atom stereocenters. The van der Waals surface area contributed by atoms with Crippen molar-refractivity contribution in [3.05, 3.63) is 57.1 Å². The minimum Gasteiger partial charge on any atom is -0.455 e. The Morgan fingerprint density at radius 3 is 2.29 bits per heavy atom. The first-order chi connectivity index (χ1) is 9.92. The Hall–Kier alpha value is -1.91. The number of nitrogens with zero attached hydrogens (tertiary/aromatic N) is 1. The zero-order chi connectivity index (χ0) is 15.6. The number of hydrogen-bond donors (Lipinski definition) is 2. The standard InChI is InChI=1S/C15H14Cl2N2O2/c1-8-5-11(16)6-9(2)14(8)21-13-4-3-10(7-12(13)17)15(18)19-20/h3-7,20H,1-2H3,(H2,18,19). The van der Waals surface area contributed by atoms with Crippen molar-refractivity contribution in [2.45, 2.75) is 13.8 Å². The fourth-order valence-electron chi connectivity index (χ4n) is 1.97. The van der Waals surface area contributed by atoms with Gasteiger partial charge in [-0.25, -0.2) is 0 Å². The van der Waals surface area contributed by atoms with E-state index in [-0.39, 0.29) is 5.84 Å². The Kier molecular flexibility index (Phi) is 4.60. The van der Waals surface area contributed by atoms with Gasteiger partial charge < -0.3 is 15.7 Å². The van der Waals surface area contributed by atoms with Crippen LogP contribution in [0.3, 0.4) is 0 Å². The third kappa shape index (κ3) is 3.40. The third-order valence-corrected chi connectivity index (χ3v) is 3.49. The van der Waals surface area contributed by atoms with E-state index in [1.54, 1.807) is 18.2 Å². The molecule has 0 aliphatic rings. The number of nitrogens with two attached hydrogens (primary N) is 1. The predicted molar refractivity (Wildman–Crippen MR) is 85.0 cm³/mol. The van der Waals surface area contributed by atoms with E-state index in [4.69, 9.17) is 38.9 Å². The van der Waals surface area contributed by atoms with Gasteiger partial charge in [0.15, 0.2) is 5.84 Å². The van der Waals surface area contributed by atoms with Gasteiger partial charge in [-0.05, 0) is 55.3 Å². The Bertz CT molecular complexity index is 692. The minimum absolute atomic E-state index is 0.0118. The number of halogens is 2. The van der Waals surface area contributed by atoms with Crippen molar-refractivity contribution in [3.63, 3.8) is 0 Å². The normalized spacial score (nSPS) is 11.5. The van der Waals surface area contributed by atoms with Crippen LogP contribution in [0, 0.1) is 13.8 Å². The van der Waals surface area contributed by atoms with Crippen LogP contribution in [0.15, 0.2) is 35.5 Å². The molecule has 110 valence electrons. The summed E-state index contributed by atoms with van der Waals surface area (Å²) in [6.45, 7) is 3.82. The number of benzene rings is 2. The van der Waals surface area contributed by atoms with Gasteiger partial charge >= 0.3 is 0 Å². The van der Waals surface area contributed by atoms with Crippen molar-refractivity contribution in [1.29, 1.82) is 0 Å². The molecular weight excluding hydrogens is 311 g/mol. The van der Waals surface area contributed by atoms with Gasteiger partial charge in [-0.2, -0.15) is 0 Å². The molecule has 0 aliphatic heterocycles. The molecule has 0 amide bonds. The largest absolute Gasteiger partial charge is 0.455 e. The maximum Gasteiger partial charge on any atom is 0.170 e. The summed E-state index contributed by atoms with van der Waals surface area (Å²) < 4.78 is 5.86. The van der Waals surface area contributed by atoms with E-state index in [9.17, 15) is 0 Å². The fraction of sp³-hybridized carbons (Fsp3) is 0.133. The van der Waals surface area contributed by atoms with E-state index < -0.39 is 0 Å². The van der Waals surface area contributed by atoms with Gasteiger partial charge in [-0.1, -0.05) is 28.4 Å². The van der Waals surface area contributed by atoms with E-state index in [1.165, 1.54) is 0 Å². The van der Waals surface area contributed by atoms with E-state index >= 15 is 0 Å². The molecule has 0 saturated heterocycles. The maximum absolute atomic E-state index is 8.66. The Balaban J connectivity index is 2.37. The van der Waals surface area contributed by atoms with Crippen LogP contribution in [0.2, 0.25) is 10.0 Å². The molecule has 2 aromatic carbocycles. The van der Waals surface area contributed by atoms with Crippen LogP contribution in [0.1, 0.15) is 16.7 Å². The lowest BCUT2D eigenvalue weighted by Crippen LogP contribution is -2.12. The van der Waals surface area contributed by atoms with Gasteiger partial charge in [0.2, 0.25) is 0 Å². The second-order valence-corrected chi connectivity index (χ2v) is 5.44. The van der Waals surface area contributed by atoms with E-state index in [2.05, 4.69) is 5.16 Å². The lowest BCUT2D eigenvalue weighted by Gasteiger charge is -2.14. The summed E-state index contributed by atoms with van der Waals surface area (Å²) >= 11 is 12.2. The molecule has 0 aromatic heterocycles. The molecule has 0 fully saturated rings. The molecule has 3 N–H and O–H groups in total. The van der Waals surface area contributed by atoms with Crippen LogP contribution in [-0.4, -0.2) is 11.0 Å². The van der Waals surface area contributed by atoms with Crippen molar-refractivity contribution in [3.8, 4) is 11.5 Å². The molecule has 0 saturated carbocycles.